The zero-order valence-corrected chi connectivity index (χ0v) is 14.7. The molecule has 0 saturated carbocycles. The molecule has 3 aromatic rings. The van der Waals surface area contributed by atoms with Gasteiger partial charge in [-0.2, -0.15) is 13.2 Å². The molecule has 0 aliphatic heterocycles. The van der Waals surface area contributed by atoms with Gasteiger partial charge < -0.3 is 5.32 Å². The maximum Gasteiger partial charge on any atom is 0.416 e. The molecule has 0 spiro atoms. The standard InChI is InChI=1S/C15H9ClF3N5.C2H6/c16-14-22-7-9(8-23-14)12-13(21-6-5-20-12)24-11-3-1-10(2-4-11)15(17,18)19;1-2/h1-8H,(H,21,24);1-2H3. The molecule has 0 unspecified atom stereocenters. The van der Waals surface area contributed by atoms with Gasteiger partial charge in [-0.25, -0.2) is 15.0 Å². The molecule has 0 bridgehead atoms. The summed E-state index contributed by atoms with van der Waals surface area (Å²) in [5.74, 6) is 0.364. The van der Waals surface area contributed by atoms with E-state index < -0.39 is 11.7 Å². The van der Waals surface area contributed by atoms with Crippen molar-refractivity contribution in [2.75, 3.05) is 5.32 Å². The summed E-state index contributed by atoms with van der Waals surface area (Å²) < 4.78 is 37.8. The Balaban J connectivity index is 0.00000117. The van der Waals surface area contributed by atoms with E-state index in [1.807, 2.05) is 13.8 Å². The van der Waals surface area contributed by atoms with Crippen molar-refractivity contribution in [3.63, 3.8) is 0 Å². The van der Waals surface area contributed by atoms with E-state index in [-0.39, 0.29) is 5.28 Å². The van der Waals surface area contributed by atoms with Gasteiger partial charge in [0.25, 0.3) is 0 Å². The highest BCUT2D eigenvalue weighted by molar-refractivity contribution is 6.28. The molecule has 9 heteroatoms. The molecule has 2 heterocycles. The van der Waals surface area contributed by atoms with Crippen LogP contribution in [0.25, 0.3) is 11.3 Å². The predicted molar refractivity (Wildman–Crippen MR) is 94.1 cm³/mol. The number of halogens is 4. The Morgan fingerprint density at radius 3 is 2.04 bits per heavy atom. The van der Waals surface area contributed by atoms with E-state index in [2.05, 4.69) is 25.3 Å². The molecule has 0 atom stereocenters. The van der Waals surface area contributed by atoms with Crippen LogP contribution in [0.15, 0.2) is 49.1 Å². The van der Waals surface area contributed by atoms with Crippen molar-refractivity contribution in [2.24, 2.45) is 0 Å². The van der Waals surface area contributed by atoms with Crippen molar-refractivity contribution in [3.8, 4) is 11.3 Å². The molecule has 0 amide bonds. The second-order valence-corrected chi connectivity index (χ2v) is 5.03. The topological polar surface area (TPSA) is 63.6 Å². The molecule has 3 rings (SSSR count). The molecule has 2 aromatic heterocycles. The first-order valence-corrected chi connectivity index (χ1v) is 8.04. The molecule has 1 aromatic carbocycles. The lowest BCUT2D eigenvalue weighted by Gasteiger charge is -2.11. The van der Waals surface area contributed by atoms with Gasteiger partial charge in [0.05, 0.1) is 5.56 Å². The zero-order valence-electron chi connectivity index (χ0n) is 13.9. The third kappa shape index (κ3) is 4.89. The van der Waals surface area contributed by atoms with Crippen LogP contribution in [-0.2, 0) is 6.18 Å². The zero-order chi connectivity index (χ0) is 19.2. The van der Waals surface area contributed by atoms with Crippen LogP contribution >= 0.6 is 11.6 Å². The quantitative estimate of drug-likeness (QED) is 0.617. The van der Waals surface area contributed by atoms with Gasteiger partial charge in [-0.3, -0.25) is 4.98 Å². The van der Waals surface area contributed by atoms with E-state index in [1.54, 1.807) is 0 Å². The van der Waals surface area contributed by atoms with Crippen molar-refractivity contribution < 1.29 is 13.2 Å². The van der Waals surface area contributed by atoms with Gasteiger partial charge in [0.1, 0.15) is 5.69 Å². The number of hydrogen-bond acceptors (Lipinski definition) is 5. The van der Waals surface area contributed by atoms with Gasteiger partial charge in [0.2, 0.25) is 5.28 Å². The Kier molecular flexibility index (Phi) is 6.46. The van der Waals surface area contributed by atoms with Crippen molar-refractivity contribution in [1.82, 2.24) is 19.9 Å². The lowest BCUT2D eigenvalue weighted by Crippen LogP contribution is -2.05. The van der Waals surface area contributed by atoms with Crippen molar-refractivity contribution in [1.29, 1.82) is 0 Å². The summed E-state index contributed by atoms with van der Waals surface area (Å²) in [4.78, 5) is 16.1. The molecule has 0 fully saturated rings. The number of rotatable bonds is 3. The molecular weight excluding hydrogens is 367 g/mol. The largest absolute Gasteiger partial charge is 0.416 e. The van der Waals surface area contributed by atoms with E-state index in [1.165, 1.54) is 36.9 Å². The van der Waals surface area contributed by atoms with Crippen LogP contribution in [0.4, 0.5) is 24.7 Å². The van der Waals surface area contributed by atoms with Crippen LogP contribution in [0, 0.1) is 0 Å². The van der Waals surface area contributed by atoms with E-state index in [4.69, 9.17) is 11.6 Å². The van der Waals surface area contributed by atoms with Gasteiger partial charge >= 0.3 is 6.18 Å². The van der Waals surface area contributed by atoms with Gasteiger partial charge in [-0.1, -0.05) is 13.8 Å². The van der Waals surface area contributed by atoms with E-state index in [0.717, 1.165) is 12.1 Å². The smallest absolute Gasteiger partial charge is 0.338 e. The Bertz CT molecular complexity index is 836. The average Bonchev–Trinajstić information content (AvgIpc) is 2.64. The fraction of sp³-hybridized carbons (Fsp3) is 0.176. The summed E-state index contributed by atoms with van der Waals surface area (Å²) in [6.45, 7) is 4.00. The Morgan fingerprint density at radius 2 is 1.46 bits per heavy atom. The van der Waals surface area contributed by atoms with Crippen molar-refractivity contribution in [3.05, 3.63) is 59.9 Å². The van der Waals surface area contributed by atoms with Crippen molar-refractivity contribution in [2.45, 2.75) is 20.0 Å². The Morgan fingerprint density at radius 1 is 0.885 bits per heavy atom. The normalized spacial score (nSPS) is 10.7. The first-order valence-electron chi connectivity index (χ1n) is 7.67. The molecule has 0 radical (unpaired) electrons. The average molecular weight is 382 g/mol. The number of hydrogen-bond donors (Lipinski definition) is 1. The van der Waals surface area contributed by atoms with Gasteiger partial charge in [0, 0.05) is 36.0 Å². The summed E-state index contributed by atoms with van der Waals surface area (Å²) in [5.41, 5.74) is 0.745. The molecular formula is C17H15ClF3N5. The summed E-state index contributed by atoms with van der Waals surface area (Å²) >= 11 is 5.65. The lowest BCUT2D eigenvalue weighted by molar-refractivity contribution is -0.137. The summed E-state index contributed by atoms with van der Waals surface area (Å²) in [6.07, 6.45) is 1.54. The molecule has 136 valence electrons. The van der Waals surface area contributed by atoms with Crippen LogP contribution < -0.4 is 5.32 Å². The third-order valence-corrected chi connectivity index (χ3v) is 3.26. The minimum absolute atomic E-state index is 0.0971. The molecule has 0 aliphatic rings. The molecule has 1 N–H and O–H groups in total. The second kappa shape index (κ2) is 8.57. The fourth-order valence-electron chi connectivity index (χ4n) is 1.95. The lowest BCUT2D eigenvalue weighted by atomic mass is 10.2. The number of nitrogens with one attached hydrogen (secondary N) is 1. The third-order valence-electron chi connectivity index (χ3n) is 3.07. The first kappa shape index (κ1) is 19.6. The number of benzene rings is 1. The molecule has 26 heavy (non-hydrogen) atoms. The highest BCUT2D eigenvalue weighted by Gasteiger charge is 2.29. The highest BCUT2D eigenvalue weighted by atomic mass is 35.5. The fourth-order valence-corrected chi connectivity index (χ4v) is 2.05. The van der Waals surface area contributed by atoms with Gasteiger partial charge in [0.15, 0.2) is 5.82 Å². The SMILES string of the molecule is CC.FC(F)(F)c1ccc(Nc2nccnc2-c2cnc(Cl)nc2)cc1. The molecule has 0 aliphatic carbocycles. The van der Waals surface area contributed by atoms with E-state index in [0.29, 0.717) is 22.8 Å². The predicted octanol–water partition coefficient (Wildman–Crippen LogP) is 5.38. The summed E-state index contributed by atoms with van der Waals surface area (Å²) in [5, 5.41) is 3.03. The van der Waals surface area contributed by atoms with Crippen LogP contribution in [0.5, 0.6) is 0 Å². The van der Waals surface area contributed by atoms with Crippen LogP contribution in [-0.4, -0.2) is 19.9 Å². The first-order chi connectivity index (χ1) is 12.4. The minimum atomic E-state index is -4.38. The van der Waals surface area contributed by atoms with E-state index >= 15 is 0 Å². The summed E-state index contributed by atoms with van der Waals surface area (Å²) in [6, 6.07) is 4.62. The van der Waals surface area contributed by atoms with E-state index in [9.17, 15) is 13.2 Å². The van der Waals surface area contributed by atoms with Crippen LogP contribution in [0.3, 0.4) is 0 Å². The highest BCUT2D eigenvalue weighted by Crippen LogP contribution is 2.31. The van der Waals surface area contributed by atoms with Gasteiger partial charge in [-0.05, 0) is 35.9 Å². The Labute approximate surface area is 153 Å². The minimum Gasteiger partial charge on any atom is -0.338 e. The number of aromatic nitrogens is 4. The number of anilines is 2. The molecule has 0 saturated heterocycles. The maximum atomic E-state index is 12.6. The Hall–Kier alpha value is -2.74. The number of alkyl halides is 3. The maximum absolute atomic E-state index is 12.6. The molecule has 5 nitrogen and oxygen atoms in total. The number of nitrogens with zero attached hydrogens (tertiary/aromatic N) is 4. The monoisotopic (exact) mass is 381 g/mol. The van der Waals surface area contributed by atoms with Crippen LogP contribution in [0.1, 0.15) is 19.4 Å². The van der Waals surface area contributed by atoms with Crippen LogP contribution in [0.2, 0.25) is 5.28 Å². The van der Waals surface area contributed by atoms with Crippen molar-refractivity contribution >= 4 is 23.1 Å². The summed E-state index contributed by atoms with van der Waals surface area (Å²) in [7, 11) is 0. The van der Waals surface area contributed by atoms with Gasteiger partial charge in [-0.15, -0.1) is 0 Å². The second-order valence-electron chi connectivity index (χ2n) is 4.69.